The lowest BCUT2D eigenvalue weighted by atomic mass is 9.97. The molecule has 0 fully saturated rings. The largest absolute Gasteiger partial charge is 0.377 e. The summed E-state index contributed by atoms with van der Waals surface area (Å²) in [5.41, 5.74) is 8.33. The molecule has 0 atom stereocenters. The van der Waals surface area contributed by atoms with E-state index in [1.165, 1.54) is 22.4 Å². The molecule has 3 aromatic carbocycles. The topological polar surface area (TPSA) is 14.5 Å². The van der Waals surface area contributed by atoms with Crippen LogP contribution in [0.3, 0.4) is 0 Å². The van der Waals surface area contributed by atoms with Gasteiger partial charge in [-0.05, 0) is 66.9 Å². The number of rotatable bonds is 4. The van der Waals surface area contributed by atoms with Gasteiger partial charge in [-0.3, -0.25) is 0 Å². The van der Waals surface area contributed by atoms with E-state index in [-0.39, 0.29) is 0 Å². The molecule has 0 unspecified atom stereocenters. The van der Waals surface area contributed by atoms with E-state index in [1.807, 2.05) is 36.4 Å². The average Bonchev–Trinajstić information content (AvgIpc) is 2.74. The van der Waals surface area contributed by atoms with Gasteiger partial charge in [0.25, 0.3) is 0 Å². The van der Waals surface area contributed by atoms with E-state index in [2.05, 4.69) is 81.4 Å². The standard InChI is InChI=1S/C27H26NO/c1-19-15-23(16-20(2)27(19)28(3)4)24-17-25(21-11-7-5-8-12-21)29-26(18-24)22-13-9-6-10-14-22/h5-18H,1-4H3/q+1. The van der Waals surface area contributed by atoms with E-state index in [0.717, 1.165) is 28.2 Å². The van der Waals surface area contributed by atoms with Gasteiger partial charge < -0.3 is 4.90 Å². The van der Waals surface area contributed by atoms with Crippen LogP contribution in [0.2, 0.25) is 0 Å². The molecule has 144 valence electrons. The third kappa shape index (κ3) is 3.93. The minimum absolute atomic E-state index is 0.869. The highest BCUT2D eigenvalue weighted by molar-refractivity contribution is 5.77. The van der Waals surface area contributed by atoms with Crippen molar-refractivity contribution < 1.29 is 4.42 Å². The molecule has 2 nitrogen and oxygen atoms in total. The Bertz CT molecular complexity index is 1050. The van der Waals surface area contributed by atoms with Crippen molar-refractivity contribution in [3.05, 3.63) is 96.1 Å². The number of aryl methyl sites for hydroxylation is 2. The van der Waals surface area contributed by atoms with Crippen LogP contribution in [0.4, 0.5) is 5.69 Å². The van der Waals surface area contributed by atoms with Crippen LogP contribution in [0, 0.1) is 13.8 Å². The average molecular weight is 381 g/mol. The molecule has 29 heavy (non-hydrogen) atoms. The quantitative estimate of drug-likeness (QED) is 0.346. The molecule has 0 aliphatic carbocycles. The van der Waals surface area contributed by atoms with Crippen molar-refractivity contribution in [2.24, 2.45) is 0 Å². The first-order valence-corrected chi connectivity index (χ1v) is 9.91. The van der Waals surface area contributed by atoms with E-state index in [1.54, 1.807) is 0 Å². The molecule has 0 bridgehead atoms. The summed E-state index contributed by atoms with van der Waals surface area (Å²) in [6.07, 6.45) is 0. The van der Waals surface area contributed by atoms with Crippen molar-refractivity contribution in [3.8, 4) is 33.8 Å². The maximum Gasteiger partial charge on any atom is 0.361 e. The summed E-state index contributed by atoms with van der Waals surface area (Å²) in [7, 11) is 4.19. The van der Waals surface area contributed by atoms with Crippen LogP contribution in [0.25, 0.3) is 33.8 Å². The van der Waals surface area contributed by atoms with Gasteiger partial charge in [0.1, 0.15) is 0 Å². The molecule has 0 spiro atoms. The normalized spacial score (nSPS) is 10.8. The third-order valence-electron chi connectivity index (χ3n) is 5.18. The minimum Gasteiger partial charge on any atom is -0.377 e. The van der Waals surface area contributed by atoms with Gasteiger partial charge in [0, 0.05) is 25.3 Å². The first-order valence-electron chi connectivity index (χ1n) is 9.91. The molecule has 1 aromatic heterocycles. The molecule has 0 radical (unpaired) electrons. The van der Waals surface area contributed by atoms with Crippen LogP contribution in [0.15, 0.2) is 89.3 Å². The second-order valence-electron chi connectivity index (χ2n) is 7.66. The fourth-order valence-corrected chi connectivity index (χ4v) is 3.99. The summed E-state index contributed by atoms with van der Waals surface area (Å²) in [6.45, 7) is 4.35. The first-order chi connectivity index (χ1) is 14.0. The molecule has 1 heterocycles. The van der Waals surface area contributed by atoms with Gasteiger partial charge in [-0.25, -0.2) is 4.42 Å². The van der Waals surface area contributed by atoms with Crippen molar-refractivity contribution in [3.63, 3.8) is 0 Å². The molecule has 0 N–H and O–H groups in total. The van der Waals surface area contributed by atoms with Gasteiger partial charge in [-0.15, -0.1) is 0 Å². The predicted octanol–water partition coefficient (Wildman–Crippen LogP) is 7.24. The van der Waals surface area contributed by atoms with Crippen LogP contribution >= 0.6 is 0 Å². The highest BCUT2D eigenvalue weighted by atomic mass is 16.3. The van der Waals surface area contributed by atoms with Crippen molar-refractivity contribution in [2.45, 2.75) is 13.8 Å². The molecule has 4 rings (SSSR count). The first kappa shape index (κ1) is 18.9. The summed E-state index contributed by atoms with van der Waals surface area (Å²) in [5, 5.41) is 0. The summed E-state index contributed by atoms with van der Waals surface area (Å²) in [5.74, 6) is 1.74. The van der Waals surface area contributed by atoms with E-state index in [0.29, 0.717) is 0 Å². The summed E-state index contributed by atoms with van der Waals surface area (Å²) in [6, 6.07) is 29.4. The molecule has 0 amide bonds. The summed E-state index contributed by atoms with van der Waals surface area (Å²) >= 11 is 0. The van der Waals surface area contributed by atoms with Crippen LogP contribution in [-0.2, 0) is 0 Å². The zero-order chi connectivity index (χ0) is 20.4. The second kappa shape index (κ2) is 7.92. The number of benzene rings is 3. The zero-order valence-corrected chi connectivity index (χ0v) is 17.4. The number of anilines is 1. The van der Waals surface area contributed by atoms with Gasteiger partial charge in [-0.2, -0.15) is 0 Å². The molecule has 0 aliphatic rings. The monoisotopic (exact) mass is 380 g/mol. The van der Waals surface area contributed by atoms with Crippen LogP contribution < -0.4 is 4.90 Å². The maximum atomic E-state index is 6.33. The van der Waals surface area contributed by atoms with Crippen molar-refractivity contribution in [1.29, 1.82) is 0 Å². The van der Waals surface area contributed by atoms with Crippen molar-refractivity contribution in [2.75, 3.05) is 19.0 Å². The van der Waals surface area contributed by atoms with E-state index < -0.39 is 0 Å². The minimum atomic E-state index is 0.869. The Balaban J connectivity index is 1.92. The fourth-order valence-electron chi connectivity index (χ4n) is 3.99. The Hall–Kier alpha value is -3.39. The van der Waals surface area contributed by atoms with E-state index in [9.17, 15) is 0 Å². The smallest absolute Gasteiger partial charge is 0.361 e. The van der Waals surface area contributed by atoms with Gasteiger partial charge >= 0.3 is 11.5 Å². The van der Waals surface area contributed by atoms with Gasteiger partial charge in [-0.1, -0.05) is 36.4 Å². The lowest BCUT2D eigenvalue weighted by Gasteiger charge is -2.19. The molecule has 0 saturated carbocycles. The Labute approximate surface area is 173 Å². The lowest BCUT2D eigenvalue weighted by molar-refractivity contribution is 0.582. The Morgan fingerprint density at radius 3 is 1.38 bits per heavy atom. The highest BCUT2D eigenvalue weighted by Gasteiger charge is 2.21. The van der Waals surface area contributed by atoms with E-state index in [4.69, 9.17) is 4.42 Å². The molecule has 0 aliphatic heterocycles. The second-order valence-corrected chi connectivity index (χ2v) is 7.66. The van der Waals surface area contributed by atoms with Crippen molar-refractivity contribution >= 4 is 5.69 Å². The Morgan fingerprint density at radius 2 is 0.966 bits per heavy atom. The number of hydrogen-bond acceptors (Lipinski definition) is 1. The molecular weight excluding hydrogens is 354 g/mol. The molecule has 0 saturated heterocycles. The highest BCUT2D eigenvalue weighted by Crippen LogP contribution is 2.35. The number of hydrogen-bond donors (Lipinski definition) is 0. The zero-order valence-electron chi connectivity index (χ0n) is 17.4. The molecular formula is C27H26NO+. The molecule has 4 aromatic rings. The lowest BCUT2D eigenvalue weighted by Crippen LogP contribution is -2.12. The van der Waals surface area contributed by atoms with Crippen LogP contribution in [-0.4, -0.2) is 14.1 Å². The third-order valence-corrected chi connectivity index (χ3v) is 5.18. The Kier molecular flexibility index (Phi) is 5.18. The summed E-state index contributed by atoms with van der Waals surface area (Å²) < 4.78 is 6.33. The molecule has 2 heteroatoms. The van der Waals surface area contributed by atoms with Crippen LogP contribution in [0.1, 0.15) is 11.1 Å². The maximum absolute atomic E-state index is 6.33. The fraction of sp³-hybridized carbons (Fsp3) is 0.148. The number of nitrogens with zero attached hydrogens (tertiary/aromatic N) is 1. The SMILES string of the molecule is Cc1cc(-c2cc(-c3ccccc3)[o+]c(-c3ccccc3)c2)cc(C)c1N(C)C. The van der Waals surface area contributed by atoms with E-state index >= 15 is 0 Å². The van der Waals surface area contributed by atoms with Gasteiger partial charge in [0.2, 0.25) is 0 Å². The van der Waals surface area contributed by atoms with Gasteiger partial charge in [0.05, 0.1) is 23.3 Å². The summed E-state index contributed by atoms with van der Waals surface area (Å²) in [4.78, 5) is 2.18. The van der Waals surface area contributed by atoms with Crippen LogP contribution in [0.5, 0.6) is 0 Å². The Morgan fingerprint density at radius 1 is 0.552 bits per heavy atom. The van der Waals surface area contributed by atoms with Crippen molar-refractivity contribution in [1.82, 2.24) is 0 Å². The predicted molar refractivity (Wildman–Crippen MR) is 123 cm³/mol. The van der Waals surface area contributed by atoms with Gasteiger partial charge in [0.15, 0.2) is 0 Å².